The number of aryl methyl sites for hydroxylation is 2. The van der Waals surface area contributed by atoms with E-state index in [-0.39, 0.29) is 5.69 Å². The zero-order chi connectivity index (χ0) is 18.3. The van der Waals surface area contributed by atoms with E-state index in [1.165, 1.54) is 0 Å². The van der Waals surface area contributed by atoms with Crippen LogP contribution in [0, 0.1) is 13.8 Å². The lowest BCUT2D eigenvalue weighted by molar-refractivity contribution is -0.510. The van der Waals surface area contributed by atoms with Gasteiger partial charge in [-0.25, -0.2) is 4.52 Å². The fourth-order valence-corrected chi connectivity index (χ4v) is 4.08. The number of benzene rings is 1. The number of nitrogens with zero attached hydrogens (tertiary/aromatic N) is 4. The van der Waals surface area contributed by atoms with Crippen molar-refractivity contribution in [1.29, 1.82) is 0 Å². The van der Waals surface area contributed by atoms with Crippen LogP contribution in [-0.2, 0) is 0 Å². The molecule has 4 heterocycles. The van der Waals surface area contributed by atoms with Crippen LogP contribution in [-0.4, -0.2) is 27.0 Å². The lowest BCUT2D eigenvalue weighted by Crippen LogP contribution is -2.33. The van der Waals surface area contributed by atoms with Crippen LogP contribution in [0.15, 0.2) is 24.7 Å². The number of hydrogen-bond acceptors (Lipinski definition) is 4. The van der Waals surface area contributed by atoms with E-state index < -0.39 is 5.91 Å². The van der Waals surface area contributed by atoms with E-state index in [1.807, 2.05) is 41.1 Å². The number of hydrogen-bond donors (Lipinski definition) is 2. The van der Waals surface area contributed by atoms with Gasteiger partial charge in [0.1, 0.15) is 23.5 Å². The van der Waals surface area contributed by atoms with E-state index in [0.717, 1.165) is 44.5 Å². The normalized spacial score (nSPS) is 12.1. The molecule has 0 spiro atoms. The average Bonchev–Trinajstić information content (AvgIpc) is 3.15. The van der Waals surface area contributed by atoms with Crippen LogP contribution in [0.2, 0.25) is 0 Å². The molecule has 8 nitrogen and oxygen atoms in total. The SMILES string of the molecule is COc1ccc2c(c1C)c1c(N)c(C(N)=O)[n+]3cc(C)n4ncn2c4c13. The van der Waals surface area contributed by atoms with Gasteiger partial charge in [-0.15, -0.1) is 4.40 Å². The Labute approximate surface area is 147 Å². The first-order chi connectivity index (χ1) is 12.5. The average molecular weight is 349 g/mol. The molecular weight excluding hydrogens is 332 g/mol. The highest BCUT2D eigenvalue weighted by molar-refractivity contribution is 6.19. The third-order valence-corrected chi connectivity index (χ3v) is 5.17. The summed E-state index contributed by atoms with van der Waals surface area (Å²) in [6.45, 7) is 3.90. The van der Waals surface area contributed by atoms with Crippen molar-refractivity contribution in [2.24, 2.45) is 5.73 Å². The van der Waals surface area contributed by atoms with Crippen LogP contribution in [0.3, 0.4) is 0 Å². The molecule has 5 rings (SSSR count). The van der Waals surface area contributed by atoms with Gasteiger partial charge in [0.05, 0.1) is 18.0 Å². The van der Waals surface area contributed by atoms with Crippen LogP contribution >= 0.6 is 0 Å². The topological polar surface area (TPSA) is 104 Å². The Hall–Kier alpha value is -3.55. The number of fused-ring (bicyclic) bond motifs is 3. The molecule has 5 aromatic rings. The molecule has 0 saturated heterocycles. The van der Waals surface area contributed by atoms with Crippen LogP contribution in [0.5, 0.6) is 5.75 Å². The summed E-state index contributed by atoms with van der Waals surface area (Å²) >= 11 is 0. The van der Waals surface area contributed by atoms with Gasteiger partial charge in [0, 0.05) is 10.9 Å². The highest BCUT2D eigenvalue weighted by Crippen LogP contribution is 2.38. The molecule has 26 heavy (non-hydrogen) atoms. The molecule has 8 heteroatoms. The van der Waals surface area contributed by atoms with Crippen LogP contribution in [0.1, 0.15) is 21.7 Å². The fraction of sp³-hybridized carbons (Fsp3) is 0.167. The predicted octanol–water partition coefficient (Wildman–Crippen LogP) is 1.22. The number of methoxy groups -OCH3 is 1. The minimum atomic E-state index is -0.567. The second-order valence-corrected chi connectivity index (χ2v) is 6.51. The molecular formula is C18H17N6O2+. The van der Waals surface area contributed by atoms with Gasteiger partial charge in [0.2, 0.25) is 5.65 Å². The number of anilines is 1. The van der Waals surface area contributed by atoms with Gasteiger partial charge >= 0.3 is 5.91 Å². The Morgan fingerprint density at radius 2 is 2.04 bits per heavy atom. The number of nitrogens with two attached hydrogens (primary N) is 2. The summed E-state index contributed by atoms with van der Waals surface area (Å²) in [4.78, 5) is 12.2. The first kappa shape index (κ1) is 14.8. The largest absolute Gasteiger partial charge is 0.496 e. The Morgan fingerprint density at radius 1 is 1.27 bits per heavy atom. The smallest absolute Gasteiger partial charge is 0.316 e. The number of primary amides is 1. The fourth-order valence-electron chi connectivity index (χ4n) is 4.08. The van der Waals surface area contributed by atoms with Crippen molar-refractivity contribution in [2.75, 3.05) is 12.8 Å². The molecule has 1 amide bonds. The van der Waals surface area contributed by atoms with Gasteiger partial charge in [-0.2, -0.15) is 5.10 Å². The standard InChI is InChI=1S/C18H16N6O2/c1-8-6-22-15-13(14(19)16(22)17(20)25)12-9(2)11(26-3)5-4-10(12)23-7-21-24(8)18(15)23/h4-7H,1-3H3,(H3-,19,20,25)/p+1. The summed E-state index contributed by atoms with van der Waals surface area (Å²) in [5, 5.41) is 6.21. The first-order valence-electron chi connectivity index (χ1n) is 8.16. The summed E-state index contributed by atoms with van der Waals surface area (Å²) in [5.41, 5.74) is 17.1. The van der Waals surface area contributed by atoms with Crippen molar-refractivity contribution in [2.45, 2.75) is 13.8 Å². The van der Waals surface area contributed by atoms with E-state index in [9.17, 15) is 4.79 Å². The Kier molecular flexibility index (Phi) is 2.58. The third-order valence-electron chi connectivity index (χ3n) is 5.17. The van der Waals surface area contributed by atoms with Crippen LogP contribution in [0.25, 0.3) is 27.5 Å². The van der Waals surface area contributed by atoms with Crippen molar-refractivity contribution in [3.63, 3.8) is 0 Å². The molecule has 4 N–H and O–H groups in total. The maximum Gasteiger partial charge on any atom is 0.316 e. The lowest BCUT2D eigenvalue weighted by atomic mass is 10.0. The molecule has 0 atom stereocenters. The Bertz CT molecular complexity index is 1380. The minimum Gasteiger partial charge on any atom is -0.496 e. The molecule has 0 fully saturated rings. The quantitative estimate of drug-likeness (QED) is 0.369. The zero-order valence-corrected chi connectivity index (χ0v) is 14.6. The zero-order valence-electron chi connectivity index (χ0n) is 14.6. The highest BCUT2D eigenvalue weighted by Gasteiger charge is 2.34. The van der Waals surface area contributed by atoms with E-state index in [1.54, 1.807) is 17.8 Å². The number of carbonyl (C=O) groups is 1. The summed E-state index contributed by atoms with van der Waals surface area (Å²) in [7, 11) is 1.63. The number of aromatic nitrogens is 4. The monoisotopic (exact) mass is 349 g/mol. The van der Waals surface area contributed by atoms with Gasteiger partial charge in [-0.3, -0.25) is 9.20 Å². The van der Waals surface area contributed by atoms with Gasteiger partial charge in [-0.1, -0.05) is 0 Å². The number of rotatable bonds is 2. The van der Waals surface area contributed by atoms with Crippen LogP contribution in [0.4, 0.5) is 5.69 Å². The Morgan fingerprint density at radius 3 is 2.73 bits per heavy atom. The first-order valence-corrected chi connectivity index (χ1v) is 8.16. The van der Waals surface area contributed by atoms with Crippen molar-refractivity contribution in [1.82, 2.24) is 14.0 Å². The maximum absolute atomic E-state index is 12.2. The van der Waals surface area contributed by atoms with Gasteiger partial charge in [-0.05, 0) is 26.0 Å². The molecule has 0 aliphatic rings. The molecule has 0 saturated carbocycles. The number of nitrogen functional groups attached to an aromatic ring is 1. The summed E-state index contributed by atoms with van der Waals surface area (Å²) in [5.74, 6) is 0.185. The Balaban J connectivity index is 2.24. The van der Waals surface area contributed by atoms with Gasteiger partial charge in [0.15, 0.2) is 6.20 Å². The van der Waals surface area contributed by atoms with Gasteiger partial charge in [0.25, 0.3) is 11.2 Å². The number of amides is 1. The van der Waals surface area contributed by atoms with E-state index in [4.69, 9.17) is 16.2 Å². The second kappa shape index (κ2) is 4.54. The predicted molar refractivity (Wildman–Crippen MR) is 97.0 cm³/mol. The molecule has 0 aliphatic carbocycles. The van der Waals surface area contributed by atoms with Crippen molar-refractivity contribution < 1.29 is 13.9 Å². The molecule has 0 radical (unpaired) electrons. The number of pyridine rings is 1. The maximum atomic E-state index is 12.2. The molecule has 130 valence electrons. The van der Waals surface area contributed by atoms with Gasteiger partial charge < -0.3 is 16.2 Å². The van der Waals surface area contributed by atoms with Crippen molar-refractivity contribution >= 4 is 39.0 Å². The molecule has 1 aromatic carbocycles. The minimum absolute atomic E-state index is 0.281. The molecule has 0 unspecified atom stereocenters. The van der Waals surface area contributed by atoms with Crippen LogP contribution < -0.4 is 20.6 Å². The van der Waals surface area contributed by atoms with Crippen molar-refractivity contribution in [3.8, 4) is 5.75 Å². The number of ether oxygens (including phenoxy) is 1. The molecule has 0 bridgehead atoms. The molecule has 4 aromatic heterocycles. The number of carbonyl (C=O) groups excluding carboxylic acids is 1. The lowest BCUT2D eigenvalue weighted by Gasteiger charge is -2.11. The van der Waals surface area contributed by atoms with E-state index in [0.29, 0.717) is 5.69 Å². The second-order valence-electron chi connectivity index (χ2n) is 6.51. The highest BCUT2D eigenvalue weighted by atomic mass is 16.5. The summed E-state index contributed by atoms with van der Waals surface area (Å²) < 4.78 is 11.1. The summed E-state index contributed by atoms with van der Waals surface area (Å²) in [6.07, 6.45) is 3.60. The summed E-state index contributed by atoms with van der Waals surface area (Å²) in [6, 6.07) is 3.89. The van der Waals surface area contributed by atoms with E-state index >= 15 is 0 Å². The molecule has 0 aliphatic heterocycles. The third kappa shape index (κ3) is 1.47. The van der Waals surface area contributed by atoms with Crippen molar-refractivity contribution in [3.05, 3.63) is 41.6 Å². The van der Waals surface area contributed by atoms with E-state index in [2.05, 4.69) is 5.10 Å².